The van der Waals surface area contributed by atoms with Gasteiger partial charge in [-0.15, -0.1) is 0 Å². The van der Waals surface area contributed by atoms with Gasteiger partial charge in [-0.05, 0) is 12.5 Å². The Morgan fingerprint density at radius 3 is 2.50 bits per heavy atom. The van der Waals surface area contributed by atoms with Gasteiger partial charge in [-0.3, -0.25) is 14.9 Å². The van der Waals surface area contributed by atoms with Gasteiger partial charge in [0.1, 0.15) is 11.8 Å². The number of nitro groups is 1. The van der Waals surface area contributed by atoms with E-state index in [4.69, 9.17) is 0 Å². The highest BCUT2D eigenvalue weighted by Gasteiger charge is 2.38. The lowest BCUT2D eigenvalue weighted by molar-refractivity contribution is -0.384. The molecule has 1 unspecified atom stereocenters. The van der Waals surface area contributed by atoms with Crippen LogP contribution in [0.3, 0.4) is 0 Å². The number of rotatable bonds is 5. The van der Waals surface area contributed by atoms with Crippen LogP contribution in [0.5, 0.6) is 0 Å². The quantitative estimate of drug-likeness (QED) is 0.612. The Bertz CT molecular complexity index is 906. The number of nitrogens with zero attached hydrogens (tertiary/aromatic N) is 2. The molecule has 1 aromatic carbocycles. The predicted octanol–water partition coefficient (Wildman–Crippen LogP) is 2.64. The van der Waals surface area contributed by atoms with Crippen molar-refractivity contribution in [2.75, 3.05) is 0 Å². The van der Waals surface area contributed by atoms with Crippen LogP contribution in [0.2, 0.25) is 0 Å². The van der Waals surface area contributed by atoms with Crippen LogP contribution in [-0.2, 0) is 9.59 Å². The number of dihydropyridines is 1. The van der Waals surface area contributed by atoms with Gasteiger partial charge in [0.15, 0.2) is 5.78 Å². The minimum atomic E-state index is -1.37. The average Bonchev–Trinajstić information content (AvgIpc) is 2.59. The maximum atomic E-state index is 12.7. The van der Waals surface area contributed by atoms with Gasteiger partial charge in [0.25, 0.3) is 5.69 Å². The molecule has 26 heavy (non-hydrogen) atoms. The Morgan fingerprint density at radius 1 is 1.35 bits per heavy atom. The number of carbonyl (C=O) groups excluding carboxylic acids is 1. The molecule has 0 spiro atoms. The topological polar surface area (TPSA) is 133 Å². The van der Waals surface area contributed by atoms with Crippen molar-refractivity contribution >= 4 is 17.4 Å². The van der Waals surface area contributed by atoms with E-state index in [-0.39, 0.29) is 33.9 Å². The zero-order valence-corrected chi connectivity index (χ0v) is 14.4. The zero-order chi connectivity index (χ0) is 19.6. The number of hydrogen-bond donors (Lipinski definition) is 2. The summed E-state index contributed by atoms with van der Waals surface area (Å²) in [7, 11) is 0. The van der Waals surface area contributed by atoms with Crippen molar-refractivity contribution in [3.63, 3.8) is 0 Å². The summed E-state index contributed by atoms with van der Waals surface area (Å²) in [5, 5.41) is 32.8. The number of nitro benzene ring substituents is 1. The fraction of sp³-hybridized carbons (Fsp3) is 0.278. The molecular formula is C18H17N3O5. The lowest BCUT2D eigenvalue weighted by Gasteiger charge is -2.29. The van der Waals surface area contributed by atoms with Crippen molar-refractivity contribution in [3.05, 3.63) is 62.5 Å². The Balaban J connectivity index is 2.79. The first kappa shape index (κ1) is 18.9. The van der Waals surface area contributed by atoms with Gasteiger partial charge in [-0.2, -0.15) is 5.26 Å². The number of non-ortho nitro benzene ring substituents is 1. The van der Waals surface area contributed by atoms with Gasteiger partial charge in [0.05, 0.1) is 10.5 Å². The number of Topliss-reactive ketones (excluding diaryl/α,β-unsaturated/α-hetero) is 1. The van der Waals surface area contributed by atoms with E-state index in [1.807, 2.05) is 0 Å². The number of carboxylic acid groups (broad SMARTS) is 1. The van der Waals surface area contributed by atoms with Crippen molar-refractivity contribution in [1.29, 1.82) is 5.26 Å². The second kappa shape index (κ2) is 7.19. The van der Waals surface area contributed by atoms with Crippen LogP contribution in [0, 0.1) is 27.4 Å². The average molecular weight is 355 g/mol. The number of aliphatic carboxylic acids is 1. The van der Waals surface area contributed by atoms with E-state index in [0.29, 0.717) is 5.70 Å². The molecule has 8 nitrogen and oxygen atoms in total. The summed E-state index contributed by atoms with van der Waals surface area (Å²) in [6.07, 6.45) is 0. The predicted molar refractivity (Wildman–Crippen MR) is 91.8 cm³/mol. The maximum absolute atomic E-state index is 12.7. The van der Waals surface area contributed by atoms with Crippen molar-refractivity contribution in [2.45, 2.75) is 26.7 Å². The summed E-state index contributed by atoms with van der Waals surface area (Å²) < 4.78 is 0. The number of nitriles is 1. The lowest BCUT2D eigenvalue weighted by atomic mass is 9.77. The van der Waals surface area contributed by atoms with Gasteiger partial charge in [-0.25, -0.2) is 4.79 Å². The molecule has 1 aliphatic rings. The molecule has 0 fully saturated rings. The number of benzene rings is 1. The molecular weight excluding hydrogens is 338 g/mol. The van der Waals surface area contributed by atoms with E-state index in [1.165, 1.54) is 24.3 Å². The first-order valence-electron chi connectivity index (χ1n) is 7.82. The van der Waals surface area contributed by atoms with E-state index in [9.17, 15) is 30.1 Å². The van der Waals surface area contributed by atoms with Gasteiger partial charge >= 0.3 is 5.97 Å². The van der Waals surface area contributed by atoms with Crippen molar-refractivity contribution in [3.8, 4) is 6.07 Å². The fourth-order valence-electron chi connectivity index (χ4n) is 2.94. The molecule has 8 heteroatoms. The highest BCUT2D eigenvalue weighted by atomic mass is 16.6. The second-order valence-electron chi connectivity index (χ2n) is 6.17. The standard InChI is InChI=1S/C18H17N3O5/c1-9(2)17(22)14-10(3)20-13(8-19)16(18(23)24)15(14)11-5-4-6-12(7-11)21(25)26/h4-7,9,15,20H,1-3H3,(H,23,24). The number of ketones is 1. The van der Waals surface area contributed by atoms with Gasteiger partial charge in [0, 0.05) is 35.2 Å². The van der Waals surface area contributed by atoms with Crippen molar-refractivity contribution in [2.24, 2.45) is 5.92 Å². The molecule has 134 valence electrons. The van der Waals surface area contributed by atoms with E-state index in [2.05, 4.69) is 5.32 Å². The molecule has 0 saturated heterocycles. The Morgan fingerprint density at radius 2 is 2.00 bits per heavy atom. The smallest absolute Gasteiger partial charge is 0.335 e. The number of carbonyl (C=O) groups is 2. The molecule has 0 aromatic heterocycles. The summed E-state index contributed by atoms with van der Waals surface area (Å²) in [6, 6.07) is 7.25. The first-order valence-corrected chi connectivity index (χ1v) is 7.82. The van der Waals surface area contributed by atoms with Gasteiger partial charge < -0.3 is 10.4 Å². The minimum Gasteiger partial charge on any atom is -0.478 e. The molecule has 1 aromatic rings. The number of nitrogens with one attached hydrogen (secondary N) is 1. The highest BCUT2D eigenvalue weighted by Crippen LogP contribution is 2.40. The van der Waals surface area contributed by atoms with Crippen molar-refractivity contribution in [1.82, 2.24) is 5.32 Å². The number of hydrogen-bond acceptors (Lipinski definition) is 6. The van der Waals surface area contributed by atoms with Crippen LogP contribution in [0.25, 0.3) is 0 Å². The third-order valence-corrected chi connectivity index (χ3v) is 4.11. The number of allylic oxidation sites excluding steroid dienone is 3. The summed E-state index contributed by atoms with van der Waals surface area (Å²) in [4.78, 5) is 35.1. The van der Waals surface area contributed by atoms with E-state index >= 15 is 0 Å². The largest absolute Gasteiger partial charge is 0.478 e. The lowest BCUT2D eigenvalue weighted by Crippen LogP contribution is -2.32. The SMILES string of the molecule is CC1=C(C(=O)C(C)C)C(c2cccc([N+](=O)[O-])c2)C(C(=O)O)=C(C#N)N1. The number of carboxylic acids is 1. The van der Waals surface area contributed by atoms with Crippen LogP contribution in [0.4, 0.5) is 5.69 Å². The molecule has 0 bridgehead atoms. The summed E-state index contributed by atoms with van der Waals surface area (Å²) in [6.45, 7) is 4.93. The minimum absolute atomic E-state index is 0.188. The van der Waals surface area contributed by atoms with Gasteiger partial charge in [0.2, 0.25) is 0 Å². The summed E-state index contributed by atoms with van der Waals surface area (Å²) in [5.74, 6) is -3.14. The molecule has 2 N–H and O–H groups in total. The van der Waals surface area contributed by atoms with Crippen LogP contribution in [-0.4, -0.2) is 21.8 Å². The molecule has 2 rings (SSSR count). The first-order chi connectivity index (χ1) is 12.2. The second-order valence-corrected chi connectivity index (χ2v) is 6.17. The van der Waals surface area contributed by atoms with Crippen molar-refractivity contribution < 1.29 is 19.6 Å². The highest BCUT2D eigenvalue weighted by molar-refractivity contribution is 6.03. The van der Waals surface area contributed by atoms with E-state index in [0.717, 1.165) is 0 Å². The molecule has 0 aliphatic carbocycles. The molecule has 1 aliphatic heterocycles. The van der Waals surface area contributed by atoms with Gasteiger partial charge in [-0.1, -0.05) is 26.0 Å². The molecule has 0 radical (unpaired) electrons. The third kappa shape index (κ3) is 3.32. The van der Waals surface area contributed by atoms with Crippen LogP contribution < -0.4 is 5.32 Å². The zero-order valence-electron chi connectivity index (χ0n) is 14.4. The third-order valence-electron chi connectivity index (χ3n) is 4.11. The fourth-order valence-corrected chi connectivity index (χ4v) is 2.94. The molecule has 1 atom stereocenters. The van der Waals surface area contributed by atoms with Crippen LogP contribution in [0.15, 0.2) is 46.8 Å². The maximum Gasteiger partial charge on any atom is 0.335 e. The van der Waals surface area contributed by atoms with Crippen LogP contribution in [0.1, 0.15) is 32.3 Å². The summed E-state index contributed by atoms with van der Waals surface area (Å²) >= 11 is 0. The summed E-state index contributed by atoms with van der Waals surface area (Å²) in [5.41, 5.74) is 0.112. The molecule has 1 heterocycles. The normalized spacial score (nSPS) is 17.0. The monoisotopic (exact) mass is 355 g/mol. The Hall–Kier alpha value is -3.47. The Labute approximate surface area is 149 Å². The van der Waals surface area contributed by atoms with Crippen LogP contribution >= 0.6 is 0 Å². The van der Waals surface area contributed by atoms with E-state index < -0.39 is 22.7 Å². The Kier molecular flexibility index (Phi) is 5.22. The molecule has 0 saturated carbocycles. The van der Waals surface area contributed by atoms with E-state index in [1.54, 1.807) is 26.8 Å². The molecule has 0 amide bonds.